The molecule has 336 valence electrons. The van der Waals surface area contributed by atoms with Crippen molar-refractivity contribution >= 4 is 23.9 Å². The first-order chi connectivity index (χ1) is 28.5. The Morgan fingerprint density at radius 3 is 1.27 bits per heavy atom. The molecule has 16 bridgehead atoms. The summed E-state index contributed by atoms with van der Waals surface area (Å²) in [4.78, 5) is 53.1. The van der Waals surface area contributed by atoms with Crippen LogP contribution in [0.5, 0.6) is 0 Å². The van der Waals surface area contributed by atoms with E-state index in [1.807, 2.05) is 0 Å². The fourth-order valence-electron chi connectivity index (χ4n) is 18.8. The summed E-state index contributed by atoms with van der Waals surface area (Å²) < 4.78 is 25.7. The summed E-state index contributed by atoms with van der Waals surface area (Å²) in [5, 5.41) is 0. The van der Waals surface area contributed by atoms with Crippen LogP contribution in [-0.2, 0) is 38.1 Å². The lowest BCUT2D eigenvalue weighted by atomic mass is 9.43. The minimum Gasteiger partial charge on any atom is -0.462 e. The monoisotopic (exact) mass is 833 g/mol. The van der Waals surface area contributed by atoms with Crippen molar-refractivity contribution in [3.63, 3.8) is 0 Å². The highest BCUT2D eigenvalue weighted by Gasteiger charge is 2.67. The van der Waals surface area contributed by atoms with Gasteiger partial charge in [-0.3, -0.25) is 19.2 Å². The van der Waals surface area contributed by atoms with E-state index in [2.05, 4.69) is 41.5 Å². The van der Waals surface area contributed by atoms with Crippen molar-refractivity contribution in [2.75, 3.05) is 0 Å². The third-order valence-corrected chi connectivity index (χ3v) is 21.7. The molecule has 16 rings (SSSR count). The molecule has 0 N–H and O–H groups in total. The van der Waals surface area contributed by atoms with Crippen molar-refractivity contribution in [3.05, 3.63) is 0 Å². The van der Waals surface area contributed by atoms with E-state index in [4.69, 9.17) is 18.9 Å². The molecule has 0 radical (unpaired) electrons. The van der Waals surface area contributed by atoms with Crippen LogP contribution in [0.3, 0.4) is 0 Å². The second-order valence-corrected chi connectivity index (χ2v) is 23.9. The van der Waals surface area contributed by atoms with Gasteiger partial charge in [0.2, 0.25) is 0 Å². The Hall–Kier alpha value is -2.12. The van der Waals surface area contributed by atoms with Gasteiger partial charge in [0, 0.05) is 37.5 Å². The second-order valence-electron chi connectivity index (χ2n) is 23.9. The molecule has 0 spiro atoms. The van der Waals surface area contributed by atoms with E-state index in [0.717, 1.165) is 77.0 Å². The van der Waals surface area contributed by atoms with Crippen LogP contribution in [0.2, 0.25) is 0 Å². The van der Waals surface area contributed by atoms with Gasteiger partial charge < -0.3 is 18.9 Å². The maximum Gasteiger partial charge on any atom is 0.306 e. The molecule has 8 saturated heterocycles. The largest absolute Gasteiger partial charge is 0.462 e. The zero-order valence-corrected chi connectivity index (χ0v) is 38.6. The molecule has 16 aliphatic rings. The molecular formula is C52H80O8. The van der Waals surface area contributed by atoms with Crippen LogP contribution in [0.25, 0.3) is 0 Å². The number of ether oxygens (including phenoxy) is 4. The topological polar surface area (TPSA) is 105 Å². The minimum atomic E-state index is -0.176. The maximum absolute atomic E-state index is 13.7. The van der Waals surface area contributed by atoms with Crippen LogP contribution < -0.4 is 0 Å². The van der Waals surface area contributed by atoms with Gasteiger partial charge in [0.25, 0.3) is 0 Å². The number of esters is 4. The summed E-state index contributed by atoms with van der Waals surface area (Å²) in [6.45, 7) is 17.8. The summed E-state index contributed by atoms with van der Waals surface area (Å²) in [7, 11) is 0. The molecule has 20 atom stereocenters. The van der Waals surface area contributed by atoms with Crippen LogP contribution in [0.15, 0.2) is 0 Å². The predicted molar refractivity (Wildman–Crippen MR) is 229 cm³/mol. The zero-order chi connectivity index (χ0) is 42.5. The predicted octanol–water partition coefficient (Wildman–Crippen LogP) is 11.1. The average Bonchev–Trinajstić information content (AvgIpc) is 3.75. The first kappa shape index (κ1) is 43.1. The van der Waals surface area contributed by atoms with Crippen molar-refractivity contribution < 1.29 is 38.1 Å². The molecule has 8 nitrogen and oxygen atoms in total. The van der Waals surface area contributed by atoms with Crippen molar-refractivity contribution in [2.24, 2.45) is 92.7 Å². The lowest BCUT2D eigenvalue weighted by molar-refractivity contribution is -0.199. The Morgan fingerprint density at radius 1 is 0.500 bits per heavy atom. The van der Waals surface area contributed by atoms with Gasteiger partial charge in [0.1, 0.15) is 24.4 Å². The van der Waals surface area contributed by atoms with Crippen molar-refractivity contribution in [1.82, 2.24) is 0 Å². The molecule has 0 aromatic carbocycles. The van der Waals surface area contributed by atoms with Crippen LogP contribution in [0.4, 0.5) is 0 Å². The summed E-state index contributed by atoms with van der Waals surface area (Å²) in [5.41, 5.74) is 0.0576. The van der Waals surface area contributed by atoms with E-state index < -0.39 is 0 Å². The quantitative estimate of drug-likeness (QED) is 0.200. The maximum atomic E-state index is 13.7. The molecule has 60 heavy (non-hydrogen) atoms. The van der Waals surface area contributed by atoms with Crippen molar-refractivity contribution in [3.8, 4) is 0 Å². The van der Waals surface area contributed by atoms with E-state index in [-0.39, 0.29) is 70.0 Å². The average molecular weight is 833 g/mol. The molecule has 16 fully saturated rings. The molecule has 8 aliphatic carbocycles. The lowest BCUT2D eigenvalue weighted by Gasteiger charge is -2.63. The molecule has 8 heterocycles. The van der Waals surface area contributed by atoms with Gasteiger partial charge in [-0.1, -0.05) is 41.5 Å². The van der Waals surface area contributed by atoms with E-state index >= 15 is 0 Å². The third-order valence-electron chi connectivity index (χ3n) is 21.7. The summed E-state index contributed by atoms with van der Waals surface area (Å²) in [6.07, 6.45) is 19.2. The van der Waals surface area contributed by atoms with Crippen LogP contribution >= 0.6 is 0 Å². The number of hydrogen-bond acceptors (Lipinski definition) is 8. The van der Waals surface area contributed by atoms with Crippen molar-refractivity contribution in [2.45, 2.75) is 208 Å². The third kappa shape index (κ3) is 6.93. The highest BCUT2D eigenvalue weighted by atomic mass is 16.6. The normalized spacial score (nSPS) is 52.7. The van der Waals surface area contributed by atoms with E-state index in [1.54, 1.807) is 13.8 Å². The van der Waals surface area contributed by atoms with Crippen LogP contribution in [0, 0.1) is 92.7 Å². The Kier molecular flexibility index (Phi) is 11.4. The van der Waals surface area contributed by atoms with Gasteiger partial charge in [0.15, 0.2) is 0 Å². The van der Waals surface area contributed by atoms with Gasteiger partial charge in [-0.25, -0.2) is 0 Å². The van der Waals surface area contributed by atoms with Crippen molar-refractivity contribution in [1.29, 1.82) is 0 Å². The highest BCUT2D eigenvalue weighted by molar-refractivity contribution is 5.70. The molecule has 8 aliphatic heterocycles. The molecule has 0 unspecified atom stereocenters. The fraction of sp³-hybridized carbons (Fsp3) is 0.923. The summed E-state index contributed by atoms with van der Waals surface area (Å²) >= 11 is 0. The Bertz CT molecular complexity index is 1560. The molecule has 0 aromatic heterocycles. The van der Waals surface area contributed by atoms with Gasteiger partial charge in [-0.2, -0.15) is 0 Å². The Balaban J connectivity index is 0.994. The minimum absolute atomic E-state index is 0.0284. The number of hydrogen-bond donors (Lipinski definition) is 0. The van der Waals surface area contributed by atoms with Gasteiger partial charge in [0.05, 0.1) is 0 Å². The second kappa shape index (κ2) is 15.8. The first-order valence-electron chi connectivity index (χ1n) is 25.2. The first-order valence-corrected chi connectivity index (χ1v) is 25.2. The summed E-state index contributed by atoms with van der Waals surface area (Å²) in [5.74, 6) is 5.21. The fourth-order valence-corrected chi connectivity index (χ4v) is 18.8. The van der Waals surface area contributed by atoms with Gasteiger partial charge >= 0.3 is 23.9 Å². The Labute approximate surface area is 361 Å². The highest BCUT2D eigenvalue weighted by Crippen LogP contribution is 2.71. The Morgan fingerprint density at radius 2 is 0.883 bits per heavy atom. The summed E-state index contributed by atoms with van der Waals surface area (Å²) in [6, 6.07) is 0. The number of carbonyl (C=O) groups excluding carboxylic acids is 4. The molecule has 8 heteroatoms. The van der Waals surface area contributed by atoms with Gasteiger partial charge in [-0.15, -0.1) is 0 Å². The number of carbonyl (C=O) groups is 4. The lowest BCUT2D eigenvalue weighted by Crippen LogP contribution is -2.59. The molecular weight excluding hydrogens is 753 g/mol. The van der Waals surface area contributed by atoms with E-state index in [9.17, 15) is 19.2 Å². The molecule has 0 aromatic rings. The standard InChI is InChI=1S/C52H80O8/c1-29-9-19-47(55)59-35-21-23-50(6)34(25-35)12-14-38-42-18-16-40(52(42,8)46(28-44(38)50)58-32(4)54)30(2)10-20-48(56)60-36-22-24-49(5)33(26-36)11-13-37-41-17-15-39(29)51(41,7)45(27-43(37)49)57-31(3)53/h29-30,33-46H,9-28H2,1-8H3/t29-,30-,33-,34-,35-,36-,37+,38+,39-,40-,41+,42+,43+,44+,45+,46+,49+,50+,51-,52-/m1/s1. The van der Waals surface area contributed by atoms with Crippen LogP contribution in [0.1, 0.15) is 184 Å². The van der Waals surface area contributed by atoms with Gasteiger partial charge in [-0.05, 0) is 197 Å². The molecule has 0 amide bonds. The SMILES string of the molecule is CC(=O)O[C@H]1C[C@H]2[C@H]3CC[C@@H]4C[C@@H](CC[C@@]42C)OC(=O)CC[C@@H](C)[C@H]2CC[C@H]4[C@@H]5CC[C@@H]6C[C@@H](CC[C@]6(C)[C@H]5C[C@H](OC(C)=O)[C@]24C)OC(=O)CC[C@@H](C)[C@H]2CC[C@@H]3[C@]12C. The smallest absolute Gasteiger partial charge is 0.306 e. The van der Waals surface area contributed by atoms with E-state index in [0.29, 0.717) is 83.9 Å². The zero-order valence-electron chi connectivity index (χ0n) is 38.6. The molecule has 8 saturated carbocycles. The van der Waals surface area contributed by atoms with E-state index in [1.165, 1.54) is 38.5 Å². The number of rotatable bonds is 2. The van der Waals surface area contributed by atoms with Crippen LogP contribution in [-0.4, -0.2) is 48.3 Å².